The Labute approximate surface area is 171 Å². The minimum absolute atomic E-state index is 0.0336. The second-order valence-corrected chi connectivity index (χ2v) is 7.11. The Kier molecular flexibility index (Phi) is 6.40. The lowest BCUT2D eigenvalue weighted by Gasteiger charge is -2.08. The molecule has 1 N–H and O–H groups in total. The van der Waals surface area contributed by atoms with Crippen LogP contribution in [-0.2, 0) is 11.3 Å². The summed E-state index contributed by atoms with van der Waals surface area (Å²) in [6, 6.07) is 14.2. The molecule has 1 aromatic heterocycles. The van der Waals surface area contributed by atoms with Crippen LogP contribution in [0.4, 0.5) is 11.4 Å². The van der Waals surface area contributed by atoms with E-state index in [1.165, 1.54) is 17.8 Å². The summed E-state index contributed by atoms with van der Waals surface area (Å²) in [6.45, 7) is 5.93. The molecular formula is C20H19N5O3S. The second kappa shape index (κ2) is 9.16. The first-order valence-corrected chi connectivity index (χ1v) is 9.75. The fourth-order valence-electron chi connectivity index (χ4n) is 2.70. The fourth-order valence-corrected chi connectivity index (χ4v) is 3.45. The standard InChI is InChI=1S/C20H19N5O3S/c1-3-11-24-19(15-7-5-4-6-8-15)22-23-20(24)29-13-18(26)21-16-10-9-14(2)17(12-16)25(27)28/h3-10,12H,1,11,13H2,2H3,(H,21,26). The maximum atomic E-state index is 12.3. The fraction of sp³-hybridized carbons (Fsp3) is 0.150. The molecule has 1 amide bonds. The van der Waals surface area contributed by atoms with Gasteiger partial charge in [-0.2, -0.15) is 0 Å². The van der Waals surface area contributed by atoms with Gasteiger partial charge in [0.15, 0.2) is 11.0 Å². The molecule has 0 aliphatic rings. The van der Waals surface area contributed by atoms with Crippen molar-refractivity contribution >= 4 is 29.0 Å². The minimum atomic E-state index is -0.470. The van der Waals surface area contributed by atoms with Gasteiger partial charge in [-0.15, -0.1) is 16.8 Å². The first-order chi connectivity index (χ1) is 14.0. The number of allylic oxidation sites excluding steroid dienone is 1. The van der Waals surface area contributed by atoms with Crippen LogP contribution in [0.2, 0.25) is 0 Å². The summed E-state index contributed by atoms with van der Waals surface area (Å²) in [7, 11) is 0. The molecule has 0 atom stereocenters. The Balaban J connectivity index is 1.71. The van der Waals surface area contributed by atoms with E-state index in [1.54, 1.807) is 25.1 Å². The maximum absolute atomic E-state index is 12.3. The molecule has 0 aliphatic carbocycles. The molecular weight excluding hydrogens is 390 g/mol. The topological polar surface area (TPSA) is 103 Å². The molecule has 0 saturated carbocycles. The van der Waals surface area contributed by atoms with Crippen LogP contribution in [0.15, 0.2) is 66.3 Å². The monoisotopic (exact) mass is 409 g/mol. The summed E-state index contributed by atoms with van der Waals surface area (Å²) in [5, 5.41) is 22.8. The number of aromatic nitrogens is 3. The third-order valence-electron chi connectivity index (χ3n) is 4.08. The number of carbonyl (C=O) groups is 1. The molecule has 0 spiro atoms. The lowest BCUT2D eigenvalue weighted by atomic mass is 10.2. The van der Waals surface area contributed by atoms with Crippen molar-refractivity contribution in [2.24, 2.45) is 0 Å². The van der Waals surface area contributed by atoms with Crippen LogP contribution < -0.4 is 5.32 Å². The predicted octanol–water partition coefficient (Wildman–Crippen LogP) is 4.08. The average molecular weight is 409 g/mol. The first-order valence-electron chi connectivity index (χ1n) is 8.77. The Morgan fingerprint density at radius 3 is 2.72 bits per heavy atom. The van der Waals surface area contributed by atoms with Gasteiger partial charge < -0.3 is 5.32 Å². The summed E-state index contributed by atoms with van der Waals surface area (Å²) in [5.74, 6) is 0.497. The van der Waals surface area contributed by atoms with Crippen molar-refractivity contribution in [3.63, 3.8) is 0 Å². The van der Waals surface area contributed by atoms with Gasteiger partial charge in [-0.05, 0) is 13.0 Å². The van der Waals surface area contributed by atoms with Gasteiger partial charge in [-0.1, -0.05) is 54.2 Å². The molecule has 148 valence electrons. The van der Waals surface area contributed by atoms with Gasteiger partial charge in [0.1, 0.15) is 0 Å². The maximum Gasteiger partial charge on any atom is 0.274 e. The second-order valence-electron chi connectivity index (χ2n) is 6.17. The van der Waals surface area contributed by atoms with Crippen LogP contribution in [0.5, 0.6) is 0 Å². The number of nitro benzene ring substituents is 1. The third kappa shape index (κ3) is 4.88. The highest BCUT2D eigenvalue weighted by atomic mass is 32.2. The van der Waals surface area contributed by atoms with Gasteiger partial charge in [0, 0.05) is 29.4 Å². The molecule has 1 heterocycles. The van der Waals surface area contributed by atoms with Crippen molar-refractivity contribution in [3.05, 3.63) is 76.9 Å². The molecule has 0 aliphatic heterocycles. The quantitative estimate of drug-likeness (QED) is 0.260. The highest BCUT2D eigenvalue weighted by Gasteiger charge is 2.16. The van der Waals surface area contributed by atoms with Gasteiger partial charge in [-0.25, -0.2) is 0 Å². The first kappa shape index (κ1) is 20.3. The molecule has 9 heteroatoms. The van der Waals surface area contributed by atoms with Crippen molar-refractivity contribution in [2.45, 2.75) is 18.6 Å². The van der Waals surface area contributed by atoms with Gasteiger partial charge in [0.25, 0.3) is 5.69 Å². The van der Waals surface area contributed by atoms with E-state index in [2.05, 4.69) is 22.1 Å². The van der Waals surface area contributed by atoms with Gasteiger partial charge in [0.05, 0.1) is 10.7 Å². The van der Waals surface area contributed by atoms with E-state index < -0.39 is 4.92 Å². The SMILES string of the molecule is C=CCn1c(SCC(=O)Nc2ccc(C)c([N+](=O)[O-])c2)nnc1-c1ccccc1. The number of aryl methyl sites for hydroxylation is 1. The number of anilines is 1. The van der Waals surface area contributed by atoms with Crippen LogP contribution >= 0.6 is 11.8 Å². The number of carbonyl (C=O) groups excluding carboxylic acids is 1. The van der Waals surface area contributed by atoms with Crippen molar-refractivity contribution in [1.82, 2.24) is 14.8 Å². The predicted molar refractivity (Wildman–Crippen MR) is 113 cm³/mol. The minimum Gasteiger partial charge on any atom is -0.325 e. The number of thioether (sulfide) groups is 1. The smallest absolute Gasteiger partial charge is 0.274 e. The average Bonchev–Trinajstić information content (AvgIpc) is 3.11. The van der Waals surface area contributed by atoms with Gasteiger partial charge in [-0.3, -0.25) is 19.5 Å². The van der Waals surface area contributed by atoms with E-state index >= 15 is 0 Å². The molecule has 3 rings (SSSR count). The summed E-state index contributed by atoms with van der Waals surface area (Å²) >= 11 is 1.24. The van der Waals surface area contributed by atoms with E-state index in [4.69, 9.17) is 0 Å². The number of hydrogen-bond donors (Lipinski definition) is 1. The van der Waals surface area contributed by atoms with E-state index in [-0.39, 0.29) is 17.3 Å². The molecule has 29 heavy (non-hydrogen) atoms. The van der Waals surface area contributed by atoms with E-state index in [0.29, 0.717) is 28.8 Å². The summed E-state index contributed by atoms with van der Waals surface area (Å²) < 4.78 is 1.89. The summed E-state index contributed by atoms with van der Waals surface area (Å²) in [5.41, 5.74) is 1.80. The lowest BCUT2D eigenvalue weighted by Crippen LogP contribution is -2.15. The Morgan fingerprint density at radius 1 is 1.28 bits per heavy atom. The molecule has 0 radical (unpaired) electrons. The zero-order valence-electron chi connectivity index (χ0n) is 15.7. The Bertz CT molecular complexity index is 1050. The molecule has 0 bridgehead atoms. The summed E-state index contributed by atoms with van der Waals surface area (Å²) in [6.07, 6.45) is 1.74. The van der Waals surface area contributed by atoms with E-state index in [1.807, 2.05) is 34.9 Å². The molecule has 2 aromatic carbocycles. The number of amides is 1. The highest BCUT2D eigenvalue weighted by molar-refractivity contribution is 7.99. The Morgan fingerprint density at radius 2 is 2.03 bits per heavy atom. The van der Waals surface area contributed by atoms with Crippen molar-refractivity contribution in [1.29, 1.82) is 0 Å². The van der Waals surface area contributed by atoms with E-state index in [0.717, 1.165) is 5.56 Å². The third-order valence-corrected chi connectivity index (χ3v) is 5.05. The molecule has 0 fully saturated rings. The molecule has 8 nitrogen and oxygen atoms in total. The highest BCUT2D eigenvalue weighted by Crippen LogP contribution is 2.25. The van der Waals surface area contributed by atoms with Gasteiger partial charge >= 0.3 is 0 Å². The van der Waals surface area contributed by atoms with Crippen LogP contribution in [-0.4, -0.2) is 31.3 Å². The van der Waals surface area contributed by atoms with E-state index in [9.17, 15) is 14.9 Å². The van der Waals surface area contributed by atoms with Crippen LogP contribution in [0, 0.1) is 17.0 Å². The number of benzene rings is 2. The van der Waals surface area contributed by atoms with Crippen molar-refractivity contribution in [3.8, 4) is 11.4 Å². The summed E-state index contributed by atoms with van der Waals surface area (Å²) in [4.78, 5) is 22.9. The van der Waals surface area contributed by atoms with Crippen molar-refractivity contribution in [2.75, 3.05) is 11.1 Å². The zero-order valence-corrected chi connectivity index (χ0v) is 16.6. The molecule has 0 unspecified atom stereocenters. The number of hydrogen-bond acceptors (Lipinski definition) is 6. The normalized spacial score (nSPS) is 10.5. The lowest BCUT2D eigenvalue weighted by molar-refractivity contribution is -0.385. The van der Waals surface area contributed by atoms with Crippen molar-refractivity contribution < 1.29 is 9.72 Å². The van der Waals surface area contributed by atoms with Gasteiger partial charge in [0.2, 0.25) is 5.91 Å². The number of nitrogens with zero attached hydrogens (tertiary/aromatic N) is 4. The van der Waals surface area contributed by atoms with Crippen LogP contribution in [0.3, 0.4) is 0 Å². The number of nitrogens with one attached hydrogen (secondary N) is 1. The molecule has 0 saturated heterocycles. The molecule has 3 aromatic rings. The van der Waals surface area contributed by atoms with Crippen LogP contribution in [0.25, 0.3) is 11.4 Å². The zero-order chi connectivity index (χ0) is 20.8. The number of nitro groups is 1. The number of rotatable bonds is 8. The Hall–Kier alpha value is -3.46. The largest absolute Gasteiger partial charge is 0.325 e. The van der Waals surface area contributed by atoms with Crippen LogP contribution in [0.1, 0.15) is 5.56 Å².